The Kier molecular flexibility index (Phi) is 4.81. The highest BCUT2D eigenvalue weighted by Crippen LogP contribution is 2.44. The van der Waals surface area contributed by atoms with Crippen molar-refractivity contribution in [1.29, 1.82) is 0 Å². The van der Waals surface area contributed by atoms with Gasteiger partial charge >= 0.3 is 12.1 Å². The summed E-state index contributed by atoms with van der Waals surface area (Å²) in [4.78, 5) is 24.3. The lowest BCUT2D eigenvalue weighted by molar-refractivity contribution is -0.163. The third kappa shape index (κ3) is 3.03. The Balaban J connectivity index is 1.45. The van der Waals surface area contributed by atoms with Gasteiger partial charge in [-0.25, -0.2) is 9.59 Å². The minimum atomic E-state index is -1.69. The Morgan fingerprint density at radius 1 is 1.11 bits per heavy atom. The van der Waals surface area contributed by atoms with Gasteiger partial charge in [-0.3, -0.25) is 0 Å². The standard InChI is InChI=1S/C22H23NO5/c1-27-20(24)22(26)12-6-11-19(22)23-21(25)28-13-18-16-9-4-2-7-14(16)15-8-3-5-10-17(15)18/h2-5,7-10,18-19,26H,6,11-13H2,1H3,(H,23,25). The maximum absolute atomic E-state index is 12.4. The topological polar surface area (TPSA) is 84.9 Å². The molecular weight excluding hydrogens is 358 g/mol. The van der Waals surface area contributed by atoms with E-state index in [1.807, 2.05) is 36.4 Å². The first-order valence-electron chi connectivity index (χ1n) is 9.47. The number of aliphatic hydroxyl groups is 1. The van der Waals surface area contributed by atoms with Crippen LogP contribution in [0.2, 0.25) is 0 Å². The number of fused-ring (bicyclic) bond motifs is 3. The van der Waals surface area contributed by atoms with Crippen LogP contribution in [0.5, 0.6) is 0 Å². The molecule has 2 aromatic rings. The van der Waals surface area contributed by atoms with Crippen molar-refractivity contribution in [2.24, 2.45) is 0 Å². The quantitative estimate of drug-likeness (QED) is 0.796. The number of methoxy groups -OCH3 is 1. The number of amides is 1. The van der Waals surface area contributed by atoms with Crippen molar-refractivity contribution >= 4 is 12.1 Å². The number of carbonyl (C=O) groups excluding carboxylic acids is 2. The van der Waals surface area contributed by atoms with Gasteiger partial charge < -0.3 is 19.9 Å². The van der Waals surface area contributed by atoms with Crippen molar-refractivity contribution in [3.05, 3.63) is 59.7 Å². The van der Waals surface area contributed by atoms with Crippen molar-refractivity contribution in [3.8, 4) is 11.1 Å². The number of hydrogen-bond donors (Lipinski definition) is 2. The van der Waals surface area contributed by atoms with E-state index in [-0.39, 0.29) is 18.9 Å². The van der Waals surface area contributed by atoms with Gasteiger partial charge in [0, 0.05) is 5.92 Å². The maximum Gasteiger partial charge on any atom is 0.407 e. The second kappa shape index (κ2) is 7.28. The van der Waals surface area contributed by atoms with Gasteiger partial charge in [0.25, 0.3) is 0 Å². The van der Waals surface area contributed by atoms with Crippen LogP contribution in [-0.2, 0) is 14.3 Å². The first-order chi connectivity index (χ1) is 13.5. The Bertz CT molecular complexity index is 866. The molecule has 146 valence electrons. The molecule has 2 aromatic carbocycles. The molecule has 0 bridgehead atoms. The van der Waals surface area contributed by atoms with Crippen molar-refractivity contribution < 1.29 is 24.2 Å². The molecule has 0 aliphatic heterocycles. The highest BCUT2D eigenvalue weighted by molar-refractivity contribution is 5.82. The summed E-state index contributed by atoms with van der Waals surface area (Å²) in [6.45, 7) is 0.184. The van der Waals surface area contributed by atoms with Crippen LogP contribution in [-0.4, -0.2) is 42.5 Å². The second-order valence-electron chi connectivity index (χ2n) is 7.33. The zero-order chi connectivity index (χ0) is 19.7. The highest BCUT2D eigenvalue weighted by atomic mass is 16.6. The number of nitrogens with one attached hydrogen (secondary N) is 1. The molecule has 4 rings (SSSR count). The lowest BCUT2D eigenvalue weighted by atomic mass is 9.98. The van der Waals surface area contributed by atoms with Crippen LogP contribution in [0.25, 0.3) is 11.1 Å². The van der Waals surface area contributed by atoms with Gasteiger partial charge in [-0.2, -0.15) is 0 Å². The van der Waals surface area contributed by atoms with E-state index in [1.165, 1.54) is 7.11 Å². The molecule has 1 saturated carbocycles. The van der Waals surface area contributed by atoms with Gasteiger partial charge in [-0.1, -0.05) is 48.5 Å². The lowest BCUT2D eigenvalue weighted by Crippen LogP contribution is -2.54. The molecule has 0 heterocycles. The predicted octanol–water partition coefficient (Wildman–Crippen LogP) is 2.98. The van der Waals surface area contributed by atoms with E-state index in [2.05, 4.69) is 22.2 Å². The Hall–Kier alpha value is -2.86. The summed E-state index contributed by atoms with van der Waals surface area (Å²) in [6, 6.07) is 15.5. The molecule has 0 aromatic heterocycles. The van der Waals surface area contributed by atoms with E-state index < -0.39 is 23.7 Å². The van der Waals surface area contributed by atoms with Gasteiger partial charge in [-0.05, 0) is 41.5 Å². The molecule has 2 N–H and O–H groups in total. The molecule has 2 aliphatic carbocycles. The van der Waals surface area contributed by atoms with Gasteiger partial charge in [0.05, 0.1) is 13.2 Å². The van der Waals surface area contributed by atoms with E-state index >= 15 is 0 Å². The number of ether oxygens (including phenoxy) is 2. The first kappa shape index (κ1) is 18.5. The highest BCUT2D eigenvalue weighted by Gasteiger charge is 2.49. The fourth-order valence-corrected chi connectivity index (χ4v) is 4.38. The molecule has 0 radical (unpaired) electrons. The number of carbonyl (C=O) groups is 2. The van der Waals surface area contributed by atoms with Crippen molar-refractivity contribution in [2.45, 2.75) is 36.8 Å². The Morgan fingerprint density at radius 3 is 2.32 bits per heavy atom. The molecule has 6 nitrogen and oxygen atoms in total. The van der Waals surface area contributed by atoms with Crippen LogP contribution in [0.1, 0.15) is 36.3 Å². The van der Waals surface area contributed by atoms with E-state index in [0.29, 0.717) is 12.8 Å². The van der Waals surface area contributed by atoms with E-state index in [4.69, 9.17) is 4.74 Å². The third-order valence-corrected chi connectivity index (χ3v) is 5.80. The first-order valence-corrected chi connectivity index (χ1v) is 9.47. The third-order valence-electron chi connectivity index (χ3n) is 5.80. The molecule has 0 spiro atoms. The van der Waals surface area contributed by atoms with Crippen LogP contribution >= 0.6 is 0 Å². The number of esters is 1. The van der Waals surface area contributed by atoms with Crippen LogP contribution in [0.15, 0.2) is 48.5 Å². The van der Waals surface area contributed by atoms with Gasteiger partial charge in [0.1, 0.15) is 6.61 Å². The smallest absolute Gasteiger partial charge is 0.407 e. The SMILES string of the molecule is COC(=O)C1(O)CCCC1NC(=O)OCC1c2ccccc2-c2ccccc21. The summed E-state index contributed by atoms with van der Waals surface area (Å²) in [6.07, 6.45) is 0.736. The molecule has 28 heavy (non-hydrogen) atoms. The normalized spacial score (nSPS) is 23.0. The molecule has 1 amide bonds. The van der Waals surface area contributed by atoms with Crippen molar-refractivity contribution in [3.63, 3.8) is 0 Å². The molecule has 2 aliphatic rings. The maximum atomic E-state index is 12.4. The van der Waals surface area contributed by atoms with Crippen LogP contribution in [0.3, 0.4) is 0 Å². The number of benzene rings is 2. The molecular formula is C22H23NO5. The largest absolute Gasteiger partial charge is 0.467 e. The van der Waals surface area contributed by atoms with Crippen molar-refractivity contribution in [2.75, 3.05) is 13.7 Å². The molecule has 1 fully saturated rings. The number of hydrogen-bond acceptors (Lipinski definition) is 5. The summed E-state index contributed by atoms with van der Waals surface area (Å²) in [5.41, 5.74) is 2.87. The minimum absolute atomic E-state index is 0.0405. The second-order valence-corrected chi connectivity index (χ2v) is 7.33. The Morgan fingerprint density at radius 2 is 1.71 bits per heavy atom. The molecule has 2 atom stereocenters. The lowest BCUT2D eigenvalue weighted by Gasteiger charge is -2.27. The number of rotatable bonds is 4. The predicted molar refractivity (Wildman–Crippen MR) is 103 cm³/mol. The minimum Gasteiger partial charge on any atom is -0.467 e. The van der Waals surface area contributed by atoms with Crippen molar-refractivity contribution in [1.82, 2.24) is 5.32 Å². The monoisotopic (exact) mass is 381 g/mol. The van der Waals surface area contributed by atoms with E-state index in [1.54, 1.807) is 0 Å². The molecule has 6 heteroatoms. The molecule has 2 unspecified atom stereocenters. The van der Waals surface area contributed by atoms with Crippen LogP contribution in [0, 0.1) is 0 Å². The summed E-state index contributed by atoms with van der Waals surface area (Å²) < 4.78 is 10.2. The molecule has 0 saturated heterocycles. The average molecular weight is 381 g/mol. The Labute approximate surface area is 163 Å². The zero-order valence-electron chi connectivity index (χ0n) is 15.7. The van der Waals surface area contributed by atoms with Crippen LogP contribution < -0.4 is 5.32 Å². The fraction of sp³-hybridized carbons (Fsp3) is 0.364. The zero-order valence-corrected chi connectivity index (χ0v) is 15.7. The van der Waals surface area contributed by atoms with Gasteiger partial charge in [0.2, 0.25) is 0 Å². The van der Waals surface area contributed by atoms with E-state index in [9.17, 15) is 14.7 Å². The van der Waals surface area contributed by atoms with E-state index in [0.717, 1.165) is 22.3 Å². The summed E-state index contributed by atoms with van der Waals surface area (Å²) in [7, 11) is 1.23. The van der Waals surface area contributed by atoms with Gasteiger partial charge in [0.15, 0.2) is 5.60 Å². The summed E-state index contributed by atoms with van der Waals surface area (Å²) >= 11 is 0. The summed E-state index contributed by atoms with van der Waals surface area (Å²) in [5.74, 6) is -0.768. The average Bonchev–Trinajstić information content (AvgIpc) is 3.24. The summed E-state index contributed by atoms with van der Waals surface area (Å²) in [5, 5.41) is 13.2. The number of alkyl carbamates (subject to hydrolysis) is 1. The van der Waals surface area contributed by atoms with Crippen LogP contribution in [0.4, 0.5) is 4.79 Å². The fourth-order valence-electron chi connectivity index (χ4n) is 4.38. The van der Waals surface area contributed by atoms with Gasteiger partial charge in [-0.15, -0.1) is 0 Å².